The van der Waals surface area contributed by atoms with Gasteiger partial charge in [-0.25, -0.2) is 9.97 Å². The van der Waals surface area contributed by atoms with Gasteiger partial charge in [0.05, 0.1) is 19.0 Å². The van der Waals surface area contributed by atoms with Crippen LogP contribution in [-0.2, 0) is 11.3 Å². The average Bonchev–Trinajstić information content (AvgIpc) is 3.12. The molecule has 1 saturated heterocycles. The first-order valence-corrected chi connectivity index (χ1v) is 8.96. The summed E-state index contributed by atoms with van der Waals surface area (Å²) in [6.07, 6.45) is 1.57. The van der Waals surface area contributed by atoms with Gasteiger partial charge in [0.15, 0.2) is 0 Å². The molecule has 1 aromatic carbocycles. The van der Waals surface area contributed by atoms with Crippen LogP contribution in [0.2, 0.25) is 0 Å². The molecule has 0 unspecified atom stereocenters. The summed E-state index contributed by atoms with van der Waals surface area (Å²) in [7, 11) is 1.65. The number of aromatic nitrogens is 2. The van der Waals surface area contributed by atoms with E-state index in [0.29, 0.717) is 19.6 Å². The summed E-state index contributed by atoms with van der Waals surface area (Å²) in [5.41, 5.74) is 1.07. The number of amides is 1. The number of anilines is 1. The number of hydrogen-bond donors (Lipinski definition) is 0. The average molecular weight is 354 g/mol. The van der Waals surface area contributed by atoms with Gasteiger partial charge >= 0.3 is 0 Å². The van der Waals surface area contributed by atoms with Crippen LogP contribution in [0.3, 0.4) is 0 Å². The Balaban J connectivity index is 1.49. The largest absolute Gasteiger partial charge is 0.497 e. The van der Waals surface area contributed by atoms with E-state index in [-0.39, 0.29) is 5.91 Å². The van der Waals surface area contributed by atoms with Gasteiger partial charge in [0, 0.05) is 19.6 Å². The van der Waals surface area contributed by atoms with Gasteiger partial charge in [-0.1, -0.05) is 12.1 Å². The molecule has 1 amide bonds. The van der Waals surface area contributed by atoms with E-state index in [0.717, 1.165) is 33.9 Å². The smallest absolute Gasteiger partial charge is 0.242 e. The molecule has 3 heterocycles. The molecule has 0 aliphatic carbocycles. The lowest BCUT2D eigenvalue weighted by atomic mass is 10.2. The molecule has 2 aromatic heterocycles. The van der Waals surface area contributed by atoms with E-state index in [4.69, 9.17) is 4.74 Å². The number of benzene rings is 1. The predicted octanol–water partition coefficient (Wildman–Crippen LogP) is 2.55. The molecule has 0 bridgehead atoms. The molecule has 0 saturated carbocycles. The number of methoxy groups -OCH3 is 1. The number of piperazine rings is 1. The van der Waals surface area contributed by atoms with Crippen LogP contribution < -0.4 is 9.64 Å². The van der Waals surface area contributed by atoms with E-state index in [1.165, 1.54) is 0 Å². The standard InChI is InChI=1S/C18H18N4O2S/c1-24-14-4-2-3-13(9-14)10-21-6-7-22(11-16(21)23)17-15-5-8-25-18(15)20-12-19-17/h2-5,8-9,12H,6-7,10-11H2,1H3. The molecule has 0 atom stereocenters. The van der Waals surface area contributed by atoms with Crippen LogP contribution in [0.25, 0.3) is 10.2 Å². The maximum absolute atomic E-state index is 12.6. The monoisotopic (exact) mass is 354 g/mol. The van der Waals surface area contributed by atoms with Crippen molar-refractivity contribution in [2.45, 2.75) is 6.54 Å². The van der Waals surface area contributed by atoms with Crippen molar-refractivity contribution < 1.29 is 9.53 Å². The molecular formula is C18H18N4O2S. The van der Waals surface area contributed by atoms with Gasteiger partial charge in [0.2, 0.25) is 5.91 Å². The zero-order valence-electron chi connectivity index (χ0n) is 13.9. The van der Waals surface area contributed by atoms with Crippen molar-refractivity contribution in [3.8, 4) is 5.75 Å². The molecule has 1 fully saturated rings. The molecule has 0 radical (unpaired) electrons. The van der Waals surface area contributed by atoms with Crippen molar-refractivity contribution in [2.24, 2.45) is 0 Å². The van der Waals surface area contributed by atoms with Crippen molar-refractivity contribution in [3.63, 3.8) is 0 Å². The molecule has 3 aromatic rings. The van der Waals surface area contributed by atoms with Gasteiger partial charge in [-0.2, -0.15) is 0 Å². The number of nitrogens with zero attached hydrogens (tertiary/aromatic N) is 4. The van der Waals surface area contributed by atoms with E-state index in [1.54, 1.807) is 24.8 Å². The molecule has 128 valence electrons. The number of carbonyl (C=O) groups excluding carboxylic acids is 1. The fraction of sp³-hybridized carbons (Fsp3) is 0.278. The summed E-state index contributed by atoms with van der Waals surface area (Å²) in [6, 6.07) is 9.86. The Labute approximate surface area is 149 Å². The van der Waals surface area contributed by atoms with E-state index >= 15 is 0 Å². The van der Waals surface area contributed by atoms with Crippen molar-refractivity contribution in [3.05, 3.63) is 47.6 Å². The first-order chi connectivity index (χ1) is 12.2. The maximum atomic E-state index is 12.6. The van der Waals surface area contributed by atoms with Crippen LogP contribution >= 0.6 is 11.3 Å². The summed E-state index contributed by atoms with van der Waals surface area (Å²) in [5.74, 6) is 1.76. The molecule has 6 nitrogen and oxygen atoms in total. The molecule has 25 heavy (non-hydrogen) atoms. The topological polar surface area (TPSA) is 58.6 Å². The highest BCUT2D eigenvalue weighted by Gasteiger charge is 2.26. The minimum atomic E-state index is 0.107. The van der Waals surface area contributed by atoms with Gasteiger partial charge in [-0.15, -0.1) is 11.3 Å². The normalized spacial score (nSPS) is 15.0. The molecule has 1 aliphatic rings. The Morgan fingerprint density at radius 2 is 2.16 bits per heavy atom. The number of carbonyl (C=O) groups is 1. The fourth-order valence-electron chi connectivity index (χ4n) is 3.08. The first-order valence-electron chi connectivity index (χ1n) is 8.08. The number of rotatable bonds is 4. The highest BCUT2D eigenvalue weighted by Crippen LogP contribution is 2.27. The Hall–Kier alpha value is -2.67. The maximum Gasteiger partial charge on any atom is 0.242 e. The number of ether oxygens (including phenoxy) is 1. The molecule has 4 rings (SSSR count). The van der Waals surface area contributed by atoms with Gasteiger partial charge in [-0.05, 0) is 29.1 Å². The Morgan fingerprint density at radius 1 is 1.24 bits per heavy atom. The lowest BCUT2D eigenvalue weighted by molar-refractivity contribution is -0.131. The van der Waals surface area contributed by atoms with Gasteiger partial charge < -0.3 is 14.5 Å². The van der Waals surface area contributed by atoms with E-state index in [9.17, 15) is 4.79 Å². The quantitative estimate of drug-likeness (QED) is 0.721. The summed E-state index contributed by atoms with van der Waals surface area (Å²) >= 11 is 1.59. The summed E-state index contributed by atoms with van der Waals surface area (Å²) in [5, 5.41) is 3.02. The third kappa shape index (κ3) is 3.15. The van der Waals surface area contributed by atoms with Crippen LogP contribution in [0, 0.1) is 0 Å². The van der Waals surface area contributed by atoms with Gasteiger partial charge in [0.1, 0.15) is 22.7 Å². The third-order valence-electron chi connectivity index (χ3n) is 4.37. The number of fused-ring (bicyclic) bond motifs is 1. The van der Waals surface area contributed by atoms with Crippen molar-refractivity contribution in [2.75, 3.05) is 31.6 Å². The first kappa shape index (κ1) is 15.8. The minimum Gasteiger partial charge on any atom is -0.497 e. The molecule has 1 aliphatic heterocycles. The summed E-state index contributed by atoms with van der Waals surface area (Å²) in [6.45, 7) is 2.37. The SMILES string of the molecule is COc1cccc(CN2CCN(c3ncnc4sccc34)CC2=O)c1. The van der Waals surface area contributed by atoms with Crippen molar-refractivity contribution in [1.82, 2.24) is 14.9 Å². The van der Waals surface area contributed by atoms with Crippen LogP contribution in [0.4, 0.5) is 5.82 Å². The minimum absolute atomic E-state index is 0.107. The van der Waals surface area contributed by atoms with Gasteiger partial charge in [0.25, 0.3) is 0 Å². The van der Waals surface area contributed by atoms with Crippen LogP contribution in [0.1, 0.15) is 5.56 Å². The number of hydrogen-bond acceptors (Lipinski definition) is 6. The van der Waals surface area contributed by atoms with Crippen molar-refractivity contribution >= 4 is 33.3 Å². The van der Waals surface area contributed by atoms with Crippen LogP contribution in [0.15, 0.2) is 42.0 Å². The second-order valence-corrected chi connectivity index (χ2v) is 6.82. The third-order valence-corrected chi connectivity index (χ3v) is 5.19. The molecule has 0 N–H and O–H groups in total. The Morgan fingerprint density at radius 3 is 3.00 bits per heavy atom. The van der Waals surface area contributed by atoms with Gasteiger partial charge in [-0.3, -0.25) is 4.79 Å². The summed E-state index contributed by atoms with van der Waals surface area (Å²) in [4.78, 5) is 26.2. The Kier molecular flexibility index (Phi) is 4.23. The zero-order chi connectivity index (χ0) is 17.2. The molecule has 7 heteroatoms. The van der Waals surface area contributed by atoms with Crippen LogP contribution in [-0.4, -0.2) is 47.5 Å². The van der Waals surface area contributed by atoms with Crippen LogP contribution in [0.5, 0.6) is 5.75 Å². The molecule has 0 spiro atoms. The highest BCUT2D eigenvalue weighted by molar-refractivity contribution is 7.16. The highest BCUT2D eigenvalue weighted by atomic mass is 32.1. The number of thiophene rings is 1. The predicted molar refractivity (Wildman–Crippen MR) is 98.0 cm³/mol. The lowest BCUT2D eigenvalue weighted by Gasteiger charge is -2.35. The lowest BCUT2D eigenvalue weighted by Crippen LogP contribution is -2.50. The Bertz CT molecular complexity index is 911. The molecular weight excluding hydrogens is 336 g/mol. The second kappa shape index (κ2) is 6.68. The zero-order valence-corrected chi connectivity index (χ0v) is 14.7. The van der Waals surface area contributed by atoms with E-state index in [1.807, 2.05) is 45.5 Å². The summed E-state index contributed by atoms with van der Waals surface area (Å²) < 4.78 is 5.25. The van der Waals surface area contributed by atoms with E-state index < -0.39 is 0 Å². The second-order valence-electron chi connectivity index (χ2n) is 5.93. The van der Waals surface area contributed by atoms with Crippen molar-refractivity contribution in [1.29, 1.82) is 0 Å². The van der Waals surface area contributed by atoms with E-state index in [2.05, 4.69) is 9.97 Å². The fourth-order valence-corrected chi connectivity index (χ4v) is 3.80.